The second kappa shape index (κ2) is 9.01. The van der Waals surface area contributed by atoms with Crippen molar-refractivity contribution in [1.29, 1.82) is 0 Å². The molecule has 0 atom stereocenters. The van der Waals surface area contributed by atoms with Gasteiger partial charge in [0, 0.05) is 25.8 Å². The van der Waals surface area contributed by atoms with E-state index >= 15 is 0 Å². The maximum Gasteiger partial charge on any atom is 0.270 e. The lowest BCUT2D eigenvalue weighted by atomic mass is 10.1. The highest BCUT2D eigenvalue weighted by Crippen LogP contribution is 2.10. The largest absolute Gasteiger partial charge is 0.347 e. The van der Waals surface area contributed by atoms with Crippen LogP contribution in [-0.2, 0) is 6.54 Å². The van der Waals surface area contributed by atoms with Crippen LogP contribution in [0, 0.1) is 6.92 Å². The first-order valence-corrected chi connectivity index (χ1v) is 8.55. The number of benzene rings is 1. The van der Waals surface area contributed by atoms with Crippen LogP contribution in [0.2, 0.25) is 0 Å². The molecule has 0 bridgehead atoms. The molecule has 24 heavy (non-hydrogen) atoms. The molecule has 2 rings (SSSR count). The number of rotatable bonds is 8. The Hall–Kier alpha value is -2.43. The maximum absolute atomic E-state index is 12.4. The molecule has 0 spiro atoms. The molecule has 1 N–H and O–H groups in total. The van der Waals surface area contributed by atoms with Gasteiger partial charge < -0.3 is 10.2 Å². The highest BCUT2D eigenvalue weighted by Gasteiger charge is 2.12. The van der Waals surface area contributed by atoms with Crippen LogP contribution >= 0.6 is 0 Å². The van der Waals surface area contributed by atoms with Crippen LogP contribution in [0.5, 0.6) is 0 Å². The predicted molar refractivity (Wildman–Crippen MR) is 97.2 cm³/mol. The van der Waals surface area contributed by atoms with Gasteiger partial charge >= 0.3 is 0 Å². The van der Waals surface area contributed by atoms with E-state index in [9.17, 15) is 4.79 Å². The Bertz CT molecular complexity index is 649. The first-order chi connectivity index (χ1) is 11.6. The van der Waals surface area contributed by atoms with Gasteiger partial charge in [-0.05, 0) is 31.4 Å². The van der Waals surface area contributed by atoms with Crippen molar-refractivity contribution in [1.82, 2.24) is 15.3 Å². The lowest BCUT2D eigenvalue weighted by molar-refractivity contribution is 0.0946. The highest BCUT2D eigenvalue weighted by molar-refractivity contribution is 5.92. The number of carbonyl (C=O) groups excluding carboxylic acids is 1. The van der Waals surface area contributed by atoms with E-state index in [0.29, 0.717) is 18.2 Å². The van der Waals surface area contributed by atoms with Gasteiger partial charge in [0.05, 0.1) is 0 Å². The summed E-state index contributed by atoms with van der Waals surface area (Å²) in [5.74, 6) is 0.453. The summed E-state index contributed by atoms with van der Waals surface area (Å²) in [5.41, 5.74) is 2.68. The molecular weight excluding hydrogens is 300 g/mol. The van der Waals surface area contributed by atoms with Crippen molar-refractivity contribution in [3.05, 3.63) is 53.3 Å². The first kappa shape index (κ1) is 17.9. The van der Waals surface area contributed by atoms with Gasteiger partial charge in [-0.1, -0.05) is 43.7 Å². The molecule has 0 aliphatic rings. The molecule has 0 aliphatic carbocycles. The number of aryl methyl sites for hydroxylation is 1. The average molecular weight is 326 g/mol. The van der Waals surface area contributed by atoms with Crippen molar-refractivity contribution in [3.8, 4) is 0 Å². The van der Waals surface area contributed by atoms with Crippen LogP contribution in [0.15, 0.2) is 36.5 Å². The molecule has 1 heterocycles. The Balaban J connectivity index is 2.03. The third kappa shape index (κ3) is 5.05. The van der Waals surface area contributed by atoms with Crippen molar-refractivity contribution in [2.75, 3.05) is 18.0 Å². The molecule has 1 amide bonds. The lowest BCUT2D eigenvalue weighted by Crippen LogP contribution is -2.29. The fraction of sp³-hybridized carbons (Fsp3) is 0.421. The van der Waals surface area contributed by atoms with Crippen molar-refractivity contribution in [2.45, 2.75) is 40.2 Å². The van der Waals surface area contributed by atoms with E-state index in [1.54, 1.807) is 12.3 Å². The van der Waals surface area contributed by atoms with Gasteiger partial charge in [0.25, 0.3) is 5.91 Å². The standard InChI is InChI=1S/C19H26N4O/c1-4-12-23(13-5-2)19-20-11-10-17(22-19)18(24)21-14-16-8-6-15(3)7-9-16/h6-11H,4-5,12-14H2,1-3H3,(H,21,24). The quantitative estimate of drug-likeness (QED) is 0.808. The summed E-state index contributed by atoms with van der Waals surface area (Å²) >= 11 is 0. The van der Waals surface area contributed by atoms with Crippen molar-refractivity contribution in [3.63, 3.8) is 0 Å². The van der Waals surface area contributed by atoms with Gasteiger partial charge in [0.2, 0.25) is 5.95 Å². The van der Waals surface area contributed by atoms with Crippen LogP contribution < -0.4 is 10.2 Å². The zero-order chi connectivity index (χ0) is 17.4. The number of hydrogen-bond donors (Lipinski definition) is 1. The number of hydrogen-bond acceptors (Lipinski definition) is 4. The van der Waals surface area contributed by atoms with Crippen LogP contribution in [0.4, 0.5) is 5.95 Å². The van der Waals surface area contributed by atoms with Crippen LogP contribution in [-0.4, -0.2) is 29.0 Å². The minimum Gasteiger partial charge on any atom is -0.347 e. The maximum atomic E-state index is 12.4. The summed E-state index contributed by atoms with van der Waals surface area (Å²) in [6, 6.07) is 9.77. The number of anilines is 1. The van der Waals surface area contributed by atoms with Gasteiger partial charge in [0.1, 0.15) is 5.69 Å². The van der Waals surface area contributed by atoms with E-state index in [2.05, 4.69) is 34.0 Å². The molecule has 128 valence electrons. The van der Waals surface area contributed by atoms with Gasteiger partial charge in [-0.25, -0.2) is 9.97 Å². The molecular formula is C19H26N4O. The Morgan fingerprint density at radius 3 is 2.38 bits per heavy atom. The molecule has 0 aliphatic heterocycles. The number of nitrogens with zero attached hydrogens (tertiary/aromatic N) is 3. The fourth-order valence-electron chi connectivity index (χ4n) is 2.46. The second-order valence-electron chi connectivity index (χ2n) is 5.90. The van der Waals surface area contributed by atoms with E-state index in [-0.39, 0.29) is 5.91 Å². The molecule has 0 fully saturated rings. The molecule has 0 saturated carbocycles. The summed E-state index contributed by atoms with van der Waals surface area (Å²) < 4.78 is 0. The molecule has 5 nitrogen and oxygen atoms in total. The van der Waals surface area contributed by atoms with E-state index in [0.717, 1.165) is 31.5 Å². The van der Waals surface area contributed by atoms with E-state index < -0.39 is 0 Å². The summed E-state index contributed by atoms with van der Waals surface area (Å²) in [7, 11) is 0. The second-order valence-corrected chi connectivity index (χ2v) is 5.90. The number of nitrogens with one attached hydrogen (secondary N) is 1. The zero-order valence-corrected chi connectivity index (χ0v) is 14.7. The fourth-order valence-corrected chi connectivity index (χ4v) is 2.46. The minimum absolute atomic E-state index is 0.174. The van der Waals surface area contributed by atoms with Gasteiger partial charge in [-0.2, -0.15) is 0 Å². The molecule has 1 aromatic heterocycles. The van der Waals surface area contributed by atoms with Gasteiger partial charge in [0.15, 0.2) is 0 Å². The molecule has 0 saturated heterocycles. The average Bonchev–Trinajstić information content (AvgIpc) is 2.61. The normalized spacial score (nSPS) is 10.5. The van der Waals surface area contributed by atoms with Crippen LogP contribution in [0.25, 0.3) is 0 Å². The Kier molecular flexibility index (Phi) is 6.73. The van der Waals surface area contributed by atoms with Crippen molar-refractivity contribution in [2.24, 2.45) is 0 Å². The Morgan fingerprint density at radius 1 is 1.08 bits per heavy atom. The van der Waals surface area contributed by atoms with Crippen LogP contribution in [0.3, 0.4) is 0 Å². The third-order valence-corrected chi connectivity index (χ3v) is 3.72. The topological polar surface area (TPSA) is 58.1 Å². The highest BCUT2D eigenvalue weighted by atomic mass is 16.1. The van der Waals surface area contributed by atoms with E-state index in [1.807, 2.05) is 31.2 Å². The first-order valence-electron chi connectivity index (χ1n) is 8.55. The molecule has 1 aromatic carbocycles. The minimum atomic E-state index is -0.174. The number of carbonyl (C=O) groups is 1. The summed E-state index contributed by atoms with van der Waals surface area (Å²) in [5, 5.41) is 2.92. The zero-order valence-electron chi connectivity index (χ0n) is 14.7. The SMILES string of the molecule is CCCN(CCC)c1nccc(C(=O)NCc2ccc(C)cc2)n1. The Labute approximate surface area is 144 Å². The molecule has 0 unspecified atom stereocenters. The predicted octanol–water partition coefficient (Wildman–Crippen LogP) is 3.34. The molecule has 2 aromatic rings. The monoisotopic (exact) mass is 326 g/mol. The Morgan fingerprint density at radius 2 is 1.75 bits per heavy atom. The smallest absolute Gasteiger partial charge is 0.270 e. The number of aromatic nitrogens is 2. The van der Waals surface area contributed by atoms with E-state index in [1.165, 1.54) is 5.56 Å². The molecule has 0 radical (unpaired) electrons. The van der Waals surface area contributed by atoms with Crippen molar-refractivity contribution < 1.29 is 4.79 Å². The molecule has 5 heteroatoms. The van der Waals surface area contributed by atoms with E-state index in [4.69, 9.17) is 0 Å². The van der Waals surface area contributed by atoms with Gasteiger partial charge in [-0.3, -0.25) is 4.79 Å². The summed E-state index contributed by atoms with van der Waals surface area (Å²) in [6.45, 7) is 8.57. The lowest BCUT2D eigenvalue weighted by Gasteiger charge is -2.21. The third-order valence-electron chi connectivity index (χ3n) is 3.72. The van der Waals surface area contributed by atoms with Gasteiger partial charge in [-0.15, -0.1) is 0 Å². The van der Waals surface area contributed by atoms with Crippen molar-refractivity contribution >= 4 is 11.9 Å². The summed E-state index contributed by atoms with van der Waals surface area (Å²) in [6.07, 6.45) is 3.70. The number of amides is 1. The summed E-state index contributed by atoms with van der Waals surface area (Å²) in [4.78, 5) is 23.2. The van der Waals surface area contributed by atoms with Crippen LogP contribution in [0.1, 0.15) is 48.3 Å².